The van der Waals surface area contributed by atoms with Crippen molar-refractivity contribution in [1.29, 1.82) is 0 Å². The topological polar surface area (TPSA) is 38.5 Å². The molecule has 5 heteroatoms. The second-order valence-electron chi connectivity index (χ2n) is 4.27. The lowest BCUT2D eigenvalue weighted by molar-refractivity contribution is 0.485. The van der Waals surface area contributed by atoms with Gasteiger partial charge in [-0.25, -0.2) is 0 Å². The van der Waals surface area contributed by atoms with Crippen molar-refractivity contribution >= 4 is 34.6 Å². The Morgan fingerprint density at radius 3 is 2.32 bits per heavy atom. The molecule has 3 nitrogen and oxygen atoms in total. The molecule has 0 aromatic heterocycles. The zero-order valence-corrected chi connectivity index (χ0v) is 12.2. The summed E-state index contributed by atoms with van der Waals surface area (Å²) in [4.78, 5) is 1.88. The van der Waals surface area contributed by atoms with Crippen LogP contribution in [0.3, 0.4) is 0 Å². The van der Waals surface area contributed by atoms with Gasteiger partial charge >= 0.3 is 0 Å². The molecule has 0 aliphatic heterocycles. The van der Waals surface area contributed by atoms with Crippen LogP contribution in [-0.4, -0.2) is 14.1 Å². The fraction of sp³-hybridized carbons (Fsp3) is 0.143. The van der Waals surface area contributed by atoms with E-state index < -0.39 is 0 Å². The second kappa shape index (κ2) is 5.59. The molecule has 0 radical (unpaired) electrons. The van der Waals surface area contributed by atoms with Crippen molar-refractivity contribution in [2.24, 2.45) is 0 Å². The van der Waals surface area contributed by atoms with Crippen molar-refractivity contribution in [2.75, 3.05) is 24.7 Å². The van der Waals surface area contributed by atoms with E-state index in [0.29, 0.717) is 27.2 Å². The number of hydrogen-bond acceptors (Lipinski definition) is 3. The monoisotopic (exact) mass is 296 g/mol. The van der Waals surface area contributed by atoms with Gasteiger partial charge < -0.3 is 15.4 Å². The molecule has 0 spiro atoms. The highest BCUT2D eigenvalue weighted by Gasteiger charge is 2.11. The van der Waals surface area contributed by atoms with Crippen LogP contribution in [-0.2, 0) is 0 Å². The molecule has 0 heterocycles. The Bertz CT molecular complexity index is 600. The van der Waals surface area contributed by atoms with E-state index in [1.165, 1.54) is 0 Å². The molecule has 0 saturated heterocycles. The van der Waals surface area contributed by atoms with Gasteiger partial charge in [0.15, 0.2) is 0 Å². The first kappa shape index (κ1) is 13.8. The largest absolute Gasteiger partial charge is 0.454 e. The lowest BCUT2D eigenvalue weighted by Crippen LogP contribution is -2.09. The Kier molecular flexibility index (Phi) is 4.08. The van der Waals surface area contributed by atoms with Crippen LogP contribution in [0.1, 0.15) is 0 Å². The number of benzene rings is 2. The predicted molar refractivity (Wildman–Crippen MR) is 81.7 cm³/mol. The third kappa shape index (κ3) is 3.06. The lowest BCUT2D eigenvalue weighted by atomic mass is 10.2. The third-order valence-corrected chi connectivity index (χ3v) is 3.22. The molecular weight excluding hydrogens is 283 g/mol. The Morgan fingerprint density at radius 1 is 1.00 bits per heavy atom. The van der Waals surface area contributed by atoms with Gasteiger partial charge in [0.2, 0.25) is 0 Å². The van der Waals surface area contributed by atoms with Crippen LogP contribution in [0.15, 0.2) is 36.4 Å². The molecule has 0 fully saturated rings. The van der Waals surface area contributed by atoms with Gasteiger partial charge in [-0.3, -0.25) is 0 Å². The van der Waals surface area contributed by atoms with E-state index >= 15 is 0 Å². The van der Waals surface area contributed by atoms with E-state index in [2.05, 4.69) is 0 Å². The van der Waals surface area contributed by atoms with Crippen LogP contribution in [0.2, 0.25) is 10.0 Å². The van der Waals surface area contributed by atoms with E-state index in [9.17, 15) is 0 Å². The molecule has 0 atom stereocenters. The fourth-order valence-corrected chi connectivity index (χ4v) is 2.15. The lowest BCUT2D eigenvalue weighted by Gasteiger charge is -2.17. The zero-order valence-electron chi connectivity index (χ0n) is 10.7. The smallest absolute Gasteiger partial charge is 0.150 e. The van der Waals surface area contributed by atoms with Gasteiger partial charge in [-0.2, -0.15) is 0 Å². The Labute approximate surface area is 122 Å². The highest BCUT2D eigenvalue weighted by Crippen LogP contribution is 2.38. The number of nitrogens with zero attached hydrogens (tertiary/aromatic N) is 1. The van der Waals surface area contributed by atoms with Crippen LogP contribution in [0.5, 0.6) is 11.5 Å². The van der Waals surface area contributed by atoms with Gasteiger partial charge in [0.25, 0.3) is 0 Å². The Morgan fingerprint density at radius 2 is 1.68 bits per heavy atom. The predicted octanol–water partition coefficient (Wildman–Crippen LogP) is 4.43. The molecule has 2 aromatic carbocycles. The van der Waals surface area contributed by atoms with Crippen LogP contribution in [0.25, 0.3) is 0 Å². The number of nitrogen functional groups attached to an aromatic ring is 1. The first-order chi connectivity index (χ1) is 8.99. The summed E-state index contributed by atoms with van der Waals surface area (Å²) in [6.07, 6.45) is 0. The van der Waals surface area contributed by atoms with E-state index in [0.717, 1.165) is 5.69 Å². The molecule has 0 amide bonds. The van der Waals surface area contributed by atoms with Gasteiger partial charge in [0, 0.05) is 20.2 Å². The summed E-state index contributed by atoms with van der Waals surface area (Å²) in [7, 11) is 3.79. The fourth-order valence-electron chi connectivity index (χ4n) is 1.63. The average molecular weight is 297 g/mol. The summed E-state index contributed by atoms with van der Waals surface area (Å²) < 4.78 is 5.70. The van der Waals surface area contributed by atoms with Crippen LogP contribution >= 0.6 is 23.2 Å². The standard InChI is InChI=1S/C14H14Cl2N2O/c1-18(2)12-7-10(16)14(8-9(12)15)19-13-6-4-3-5-11(13)17/h3-8H,17H2,1-2H3. The Balaban J connectivity index is 2.37. The number of para-hydroxylation sites is 2. The minimum atomic E-state index is 0.482. The van der Waals surface area contributed by atoms with E-state index in [1.54, 1.807) is 24.3 Å². The van der Waals surface area contributed by atoms with Gasteiger partial charge in [0.05, 0.1) is 21.4 Å². The molecule has 0 aliphatic carbocycles. The molecule has 0 bridgehead atoms. The maximum absolute atomic E-state index is 6.20. The van der Waals surface area contributed by atoms with Gasteiger partial charge in [0.1, 0.15) is 11.5 Å². The van der Waals surface area contributed by atoms with Crippen LogP contribution in [0, 0.1) is 0 Å². The number of rotatable bonds is 3. The average Bonchev–Trinajstić information content (AvgIpc) is 2.35. The van der Waals surface area contributed by atoms with Crippen molar-refractivity contribution in [3.05, 3.63) is 46.4 Å². The van der Waals surface area contributed by atoms with Crippen molar-refractivity contribution in [1.82, 2.24) is 0 Å². The van der Waals surface area contributed by atoms with Gasteiger partial charge in [-0.15, -0.1) is 0 Å². The molecule has 100 valence electrons. The molecule has 0 aliphatic rings. The number of anilines is 2. The number of nitrogens with two attached hydrogens (primary N) is 1. The second-order valence-corrected chi connectivity index (χ2v) is 5.08. The maximum atomic E-state index is 6.20. The van der Waals surface area contributed by atoms with E-state index in [4.69, 9.17) is 33.7 Å². The summed E-state index contributed by atoms with van der Waals surface area (Å²) in [5.41, 5.74) is 7.21. The van der Waals surface area contributed by atoms with Crippen LogP contribution in [0.4, 0.5) is 11.4 Å². The first-order valence-corrected chi connectivity index (χ1v) is 6.43. The summed E-state index contributed by atoms with van der Waals surface area (Å²) in [6.45, 7) is 0. The number of halogens is 2. The van der Waals surface area contributed by atoms with Crippen molar-refractivity contribution in [3.8, 4) is 11.5 Å². The summed E-state index contributed by atoms with van der Waals surface area (Å²) in [5, 5.41) is 1.05. The van der Waals surface area contributed by atoms with Crippen molar-refractivity contribution < 1.29 is 4.74 Å². The highest BCUT2D eigenvalue weighted by atomic mass is 35.5. The van der Waals surface area contributed by atoms with Gasteiger partial charge in [-0.05, 0) is 18.2 Å². The van der Waals surface area contributed by atoms with Gasteiger partial charge in [-0.1, -0.05) is 35.3 Å². The number of ether oxygens (including phenoxy) is 1. The minimum Gasteiger partial charge on any atom is -0.454 e. The first-order valence-electron chi connectivity index (χ1n) is 5.67. The highest BCUT2D eigenvalue weighted by molar-refractivity contribution is 6.36. The molecule has 0 saturated carbocycles. The quantitative estimate of drug-likeness (QED) is 0.851. The summed E-state index contributed by atoms with van der Waals surface area (Å²) in [5.74, 6) is 1.04. The van der Waals surface area contributed by atoms with E-state index in [1.807, 2.05) is 31.1 Å². The Hall–Kier alpha value is -1.58. The molecule has 19 heavy (non-hydrogen) atoms. The van der Waals surface area contributed by atoms with E-state index in [-0.39, 0.29) is 0 Å². The molecular formula is C14H14Cl2N2O. The van der Waals surface area contributed by atoms with Crippen LogP contribution < -0.4 is 15.4 Å². The molecule has 2 aromatic rings. The normalized spacial score (nSPS) is 10.3. The summed E-state index contributed by atoms with van der Waals surface area (Å²) >= 11 is 12.4. The SMILES string of the molecule is CN(C)c1cc(Cl)c(Oc2ccccc2N)cc1Cl. The van der Waals surface area contributed by atoms with Crippen molar-refractivity contribution in [3.63, 3.8) is 0 Å². The third-order valence-electron chi connectivity index (χ3n) is 2.62. The molecule has 2 N–H and O–H groups in total. The zero-order chi connectivity index (χ0) is 14.0. The maximum Gasteiger partial charge on any atom is 0.150 e. The summed E-state index contributed by atoms with van der Waals surface area (Å²) in [6, 6.07) is 10.7. The molecule has 0 unspecified atom stereocenters. The van der Waals surface area contributed by atoms with Crippen molar-refractivity contribution in [2.45, 2.75) is 0 Å². The minimum absolute atomic E-state index is 0.482. The molecule has 2 rings (SSSR count). The number of hydrogen-bond donors (Lipinski definition) is 1.